The largest absolute Gasteiger partial charge is 0.522 e. The van der Waals surface area contributed by atoms with Crippen LogP contribution in [-0.4, -0.2) is 55.2 Å². The van der Waals surface area contributed by atoms with Crippen LogP contribution in [0.2, 0.25) is 0 Å². The minimum absolute atomic E-state index is 0.000384. The summed E-state index contributed by atoms with van der Waals surface area (Å²) in [5.74, 6) is -0.160. The van der Waals surface area contributed by atoms with Crippen LogP contribution >= 0.6 is 0 Å². The molecular formula is C20H28F4N6O4. The van der Waals surface area contributed by atoms with Crippen LogP contribution in [0.15, 0.2) is 18.3 Å². The lowest BCUT2D eigenvalue weighted by Gasteiger charge is -2.04. The number of aromatic amines is 1. The van der Waals surface area contributed by atoms with Gasteiger partial charge in [0.2, 0.25) is 0 Å². The topological polar surface area (TPSA) is 134 Å². The molecule has 10 nitrogen and oxygen atoms in total. The SMILES string of the molecule is CC1(NC(=O)O)CC1.Cn1nc(COC(F)(F)F)cc1C(=O)Nc1ccn[nH]1.FC1CCCC1. The van der Waals surface area contributed by atoms with Crippen LogP contribution in [0.25, 0.3) is 0 Å². The number of hydrogen-bond acceptors (Lipinski definition) is 5. The number of aryl methyl sites for hydroxylation is 1. The number of alkyl halides is 4. The van der Waals surface area contributed by atoms with Gasteiger partial charge >= 0.3 is 12.5 Å². The number of anilines is 1. The van der Waals surface area contributed by atoms with Crippen molar-refractivity contribution in [1.29, 1.82) is 0 Å². The van der Waals surface area contributed by atoms with E-state index in [1.807, 2.05) is 6.92 Å². The molecule has 0 atom stereocenters. The Morgan fingerprint density at radius 3 is 2.38 bits per heavy atom. The number of ether oxygens (including phenoxy) is 1. The molecule has 14 heteroatoms. The van der Waals surface area contributed by atoms with Crippen molar-refractivity contribution >= 4 is 17.8 Å². The first-order valence-electron chi connectivity index (χ1n) is 10.6. The van der Waals surface area contributed by atoms with E-state index in [-0.39, 0.29) is 16.9 Å². The fourth-order valence-electron chi connectivity index (χ4n) is 2.92. The van der Waals surface area contributed by atoms with E-state index in [1.165, 1.54) is 30.1 Å². The maximum Gasteiger partial charge on any atom is 0.522 e. The standard InChI is InChI=1S/C10H10F3N5O2.C5H9F.C5H9NO2/c1-18-7(9(19)15-8-2-3-14-16-8)4-6(17-18)5-20-10(11,12)13;6-5-3-1-2-4-5;1-5(2-3-5)6-4(7)8/h2-4H,5H2,1H3,(H2,14,15,16,19);5H,1-4H2;6H,2-3H2,1H3,(H,7,8). The number of aromatic nitrogens is 4. The van der Waals surface area contributed by atoms with Crippen LogP contribution in [0, 0.1) is 0 Å². The molecule has 0 aliphatic heterocycles. The van der Waals surface area contributed by atoms with Crippen LogP contribution in [0.1, 0.15) is 61.6 Å². The lowest BCUT2D eigenvalue weighted by atomic mass is 10.3. The molecular weight excluding hydrogens is 464 g/mol. The Kier molecular flexibility index (Phi) is 9.41. The van der Waals surface area contributed by atoms with Crippen LogP contribution in [0.3, 0.4) is 0 Å². The molecule has 190 valence electrons. The summed E-state index contributed by atoms with van der Waals surface area (Å²) in [7, 11) is 1.44. The highest BCUT2D eigenvalue weighted by molar-refractivity contribution is 6.02. The lowest BCUT2D eigenvalue weighted by molar-refractivity contribution is -0.330. The highest BCUT2D eigenvalue weighted by atomic mass is 19.4. The Morgan fingerprint density at radius 2 is 1.97 bits per heavy atom. The second-order valence-corrected chi connectivity index (χ2v) is 8.18. The summed E-state index contributed by atoms with van der Waals surface area (Å²) in [5.41, 5.74) is 0.0196. The van der Waals surface area contributed by atoms with E-state index in [1.54, 1.807) is 0 Å². The van der Waals surface area contributed by atoms with Crippen LogP contribution in [0.5, 0.6) is 0 Å². The molecule has 4 N–H and O–H groups in total. The van der Waals surface area contributed by atoms with E-state index in [4.69, 9.17) is 5.11 Å². The molecule has 2 saturated carbocycles. The number of nitrogens with one attached hydrogen (secondary N) is 3. The maximum absolute atomic E-state index is 11.9. The van der Waals surface area contributed by atoms with Crippen molar-refractivity contribution in [3.05, 3.63) is 29.7 Å². The van der Waals surface area contributed by atoms with Crippen molar-refractivity contribution < 1.29 is 37.0 Å². The fourth-order valence-corrected chi connectivity index (χ4v) is 2.92. The van der Waals surface area contributed by atoms with E-state index >= 15 is 0 Å². The number of carbonyl (C=O) groups excluding carboxylic acids is 1. The number of hydrogen-bond donors (Lipinski definition) is 4. The molecule has 34 heavy (non-hydrogen) atoms. The van der Waals surface area contributed by atoms with Crippen molar-refractivity contribution in [3.63, 3.8) is 0 Å². The first-order valence-corrected chi connectivity index (χ1v) is 10.6. The van der Waals surface area contributed by atoms with E-state index in [2.05, 4.69) is 30.7 Å². The van der Waals surface area contributed by atoms with Crippen molar-refractivity contribution in [3.8, 4) is 0 Å². The van der Waals surface area contributed by atoms with Crippen molar-refractivity contribution in [2.45, 2.75) is 70.1 Å². The molecule has 0 radical (unpaired) electrons. The summed E-state index contributed by atoms with van der Waals surface area (Å²) >= 11 is 0. The predicted octanol–water partition coefficient (Wildman–Crippen LogP) is 4.14. The second-order valence-electron chi connectivity index (χ2n) is 8.18. The molecule has 0 spiro atoms. The van der Waals surface area contributed by atoms with Gasteiger partial charge in [-0.2, -0.15) is 10.2 Å². The molecule has 0 bridgehead atoms. The molecule has 2 heterocycles. The number of H-pyrrole nitrogens is 1. The number of carbonyl (C=O) groups is 2. The van der Waals surface area contributed by atoms with E-state index in [0.29, 0.717) is 5.82 Å². The van der Waals surface area contributed by atoms with Gasteiger partial charge in [0.1, 0.15) is 24.3 Å². The first kappa shape index (κ1) is 27.1. The smallest absolute Gasteiger partial charge is 0.465 e. The third-order valence-electron chi connectivity index (χ3n) is 4.99. The zero-order valence-electron chi connectivity index (χ0n) is 18.8. The molecule has 2 aliphatic carbocycles. The Hall–Kier alpha value is -3.16. The zero-order valence-corrected chi connectivity index (χ0v) is 18.8. The molecule has 2 fully saturated rings. The molecule has 2 aromatic heterocycles. The van der Waals surface area contributed by atoms with Gasteiger partial charge in [0.15, 0.2) is 0 Å². The van der Waals surface area contributed by atoms with Crippen molar-refractivity contribution in [1.82, 2.24) is 25.3 Å². The summed E-state index contributed by atoms with van der Waals surface area (Å²) < 4.78 is 52.5. The molecule has 2 amide bonds. The van der Waals surface area contributed by atoms with Gasteiger partial charge in [-0.3, -0.25) is 19.3 Å². The van der Waals surface area contributed by atoms with Gasteiger partial charge in [0.05, 0.1) is 11.9 Å². The number of rotatable bonds is 5. The number of nitrogens with zero attached hydrogens (tertiary/aromatic N) is 3. The lowest BCUT2D eigenvalue weighted by Crippen LogP contribution is -2.32. The van der Waals surface area contributed by atoms with Crippen molar-refractivity contribution in [2.24, 2.45) is 7.05 Å². The number of halogens is 4. The normalized spacial score (nSPS) is 16.5. The number of carboxylic acid groups (broad SMARTS) is 1. The summed E-state index contributed by atoms with van der Waals surface area (Å²) in [5, 5.41) is 23.0. The Labute approximate surface area is 193 Å². The van der Waals surface area contributed by atoms with Crippen LogP contribution in [-0.2, 0) is 18.4 Å². The highest BCUT2D eigenvalue weighted by Gasteiger charge is 2.38. The van der Waals surface area contributed by atoms with Gasteiger partial charge in [-0.15, -0.1) is 13.2 Å². The van der Waals surface area contributed by atoms with E-state index in [9.17, 15) is 27.2 Å². The average molecular weight is 492 g/mol. The monoisotopic (exact) mass is 492 g/mol. The highest BCUT2D eigenvalue weighted by Crippen LogP contribution is 2.33. The average Bonchev–Trinajstić information content (AvgIpc) is 3.18. The summed E-state index contributed by atoms with van der Waals surface area (Å²) in [6.07, 6.45) is 1.17. The molecule has 0 aromatic carbocycles. The summed E-state index contributed by atoms with van der Waals surface area (Å²) in [6.45, 7) is 1.15. The van der Waals surface area contributed by atoms with Gasteiger partial charge in [0, 0.05) is 18.7 Å². The Morgan fingerprint density at radius 1 is 1.32 bits per heavy atom. The first-order chi connectivity index (χ1) is 15.9. The van der Waals surface area contributed by atoms with Gasteiger partial charge in [-0.05, 0) is 38.7 Å². The van der Waals surface area contributed by atoms with Crippen LogP contribution < -0.4 is 10.6 Å². The van der Waals surface area contributed by atoms with Gasteiger partial charge in [0.25, 0.3) is 5.91 Å². The Balaban J connectivity index is 0.000000236. The maximum atomic E-state index is 11.9. The Bertz CT molecular complexity index is 922. The van der Waals surface area contributed by atoms with E-state index in [0.717, 1.165) is 38.5 Å². The molecule has 0 unspecified atom stereocenters. The third kappa shape index (κ3) is 10.2. The van der Waals surface area contributed by atoms with Gasteiger partial charge < -0.3 is 15.7 Å². The molecule has 2 aliphatic rings. The van der Waals surface area contributed by atoms with Crippen molar-refractivity contribution in [2.75, 3.05) is 5.32 Å². The summed E-state index contributed by atoms with van der Waals surface area (Å²) in [4.78, 5) is 21.8. The second kappa shape index (κ2) is 11.8. The van der Waals surface area contributed by atoms with Crippen LogP contribution in [0.4, 0.5) is 28.2 Å². The van der Waals surface area contributed by atoms with Gasteiger partial charge in [-0.25, -0.2) is 9.18 Å². The van der Waals surface area contributed by atoms with Gasteiger partial charge in [-0.1, -0.05) is 12.8 Å². The quantitative estimate of drug-likeness (QED) is 0.464. The molecule has 0 saturated heterocycles. The third-order valence-corrected chi connectivity index (χ3v) is 4.99. The molecule has 2 aromatic rings. The van der Waals surface area contributed by atoms with E-state index < -0.39 is 31.1 Å². The zero-order chi connectivity index (χ0) is 25.4. The number of amides is 2. The summed E-state index contributed by atoms with van der Waals surface area (Å²) in [6, 6.07) is 2.75. The molecule has 4 rings (SSSR count). The minimum atomic E-state index is -4.74. The minimum Gasteiger partial charge on any atom is -0.465 e. The fraction of sp³-hybridized carbons (Fsp3) is 0.600. The predicted molar refractivity (Wildman–Crippen MR) is 113 cm³/mol.